The molecule has 1 N–H and O–H groups in total. The first kappa shape index (κ1) is 18.7. The number of aromatic nitrogens is 3. The molecule has 0 aliphatic rings. The van der Waals surface area contributed by atoms with Gasteiger partial charge in [-0.1, -0.05) is 30.3 Å². The molecule has 1 aromatic carbocycles. The average Bonchev–Trinajstić information content (AvgIpc) is 2.91. The van der Waals surface area contributed by atoms with Crippen molar-refractivity contribution in [2.45, 2.75) is 13.8 Å². The van der Waals surface area contributed by atoms with Gasteiger partial charge in [-0.3, -0.25) is 9.78 Å². The zero-order valence-corrected chi connectivity index (χ0v) is 15.1. The quantitative estimate of drug-likeness (QED) is 0.444. The number of rotatable bonds is 2. The van der Waals surface area contributed by atoms with Crippen molar-refractivity contribution in [3.05, 3.63) is 60.5 Å². The molecule has 0 unspecified atom stereocenters. The molecular weight excluding hydrogens is 470 g/mol. The van der Waals surface area contributed by atoms with Gasteiger partial charge in [0.05, 0.1) is 11.5 Å². The van der Waals surface area contributed by atoms with E-state index >= 15 is 0 Å². The van der Waals surface area contributed by atoms with E-state index in [4.69, 9.17) is 5.11 Å². The van der Waals surface area contributed by atoms with Crippen LogP contribution in [0.25, 0.3) is 22.6 Å². The van der Waals surface area contributed by atoms with E-state index in [0.29, 0.717) is 5.82 Å². The number of carbonyl (C=O) groups is 1. The standard InChI is InChI=1S/C12H8N3.C5H8O2.Ir/c1-2-6-10-9(5-1)14-12(15-10)11-7-3-4-8-13-11;1-4(6)3-5(2)7;/h1-8H;3,6H,1-2H3;/q-1;;/b;4-3-;. The normalized spacial score (nSPS) is 10.4. The fourth-order valence-electron chi connectivity index (χ4n) is 1.81. The Labute approximate surface area is 147 Å². The molecule has 0 atom stereocenters. The summed E-state index contributed by atoms with van der Waals surface area (Å²) < 4.78 is 0. The van der Waals surface area contributed by atoms with Gasteiger partial charge in [-0.05, 0) is 42.8 Å². The molecule has 3 rings (SSSR count). The Morgan fingerprint density at radius 2 is 1.83 bits per heavy atom. The smallest absolute Gasteiger partial charge is 0.155 e. The number of hydrogen-bond acceptors (Lipinski definition) is 4. The van der Waals surface area contributed by atoms with E-state index in [1.165, 1.54) is 19.9 Å². The van der Waals surface area contributed by atoms with Gasteiger partial charge in [0.15, 0.2) is 5.78 Å². The minimum absolute atomic E-state index is 0. The number of aliphatic hydroxyl groups is 1. The summed E-state index contributed by atoms with van der Waals surface area (Å²) in [6.07, 6.45) is 2.91. The molecule has 2 heterocycles. The zero-order chi connectivity index (χ0) is 15.9. The minimum Gasteiger partial charge on any atom is -0.512 e. The summed E-state index contributed by atoms with van der Waals surface area (Å²) in [4.78, 5) is 23.1. The molecule has 2 aromatic heterocycles. The van der Waals surface area contributed by atoms with Crippen LogP contribution in [0.4, 0.5) is 0 Å². The van der Waals surface area contributed by atoms with Crippen LogP contribution in [0.2, 0.25) is 0 Å². The molecule has 0 aliphatic carbocycles. The molecule has 0 saturated carbocycles. The second-order valence-corrected chi connectivity index (χ2v) is 4.65. The predicted octanol–water partition coefficient (Wildman–Crippen LogP) is 3.29. The Bertz CT molecular complexity index is 761. The molecule has 0 fully saturated rings. The predicted molar refractivity (Wildman–Crippen MR) is 85.4 cm³/mol. The molecule has 0 amide bonds. The third-order valence-corrected chi connectivity index (χ3v) is 2.64. The van der Waals surface area contributed by atoms with Crippen molar-refractivity contribution in [3.63, 3.8) is 0 Å². The molecule has 6 heteroatoms. The van der Waals surface area contributed by atoms with Gasteiger partial charge < -0.3 is 15.1 Å². The number of pyridine rings is 1. The van der Waals surface area contributed by atoms with Crippen LogP contribution < -0.4 is 4.98 Å². The number of fused-ring (bicyclic) bond motifs is 1. The van der Waals surface area contributed by atoms with Gasteiger partial charge in [0.25, 0.3) is 0 Å². The Morgan fingerprint density at radius 1 is 1.13 bits per heavy atom. The summed E-state index contributed by atoms with van der Waals surface area (Å²) in [7, 11) is 0. The van der Waals surface area contributed by atoms with Gasteiger partial charge in [-0.25, -0.2) is 0 Å². The van der Waals surface area contributed by atoms with Gasteiger partial charge in [-0.15, -0.1) is 0 Å². The number of carbonyl (C=O) groups excluding carboxylic acids is 1. The first-order valence-corrected chi connectivity index (χ1v) is 6.75. The molecule has 0 bridgehead atoms. The first-order valence-electron chi connectivity index (χ1n) is 6.75. The third-order valence-electron chi connectivity index (χ3n) is 2.64. The Morgan fingerprint density at radius 3 is 2.35 bits per heavy atom. The van der Waals surface area contributed by atoms with Crippen LogP contribution in [-0.4, -0.2) is 20.9 Å². The molecule has 5 nitrogen and oxygen atoms in total. The second kappa shape index (κ2) is 8.98. The van der Waals surface area contributed by atoms with Crippen molar-refractivity contribution < 1.29 is 30.0 Å². The van der Waals surface area contributed by atoms with E-state index in [9.17, 15) is 4.79 Å². The fourth-order valence-corrected chi connectivity index (χ4v) is 1.81. The first-order chi connectivity index (χ1) is 10.6. The number of hydrogen-bond donors (Lipinski definition) is 1. The molecule has 0 aliphatic heterocycles. The molecule has 1 radical (unpaired) electrons. The van der Waals surface area contributed by atoms with Gasteiger partial charge in [-0.2, -0.15) is 0 Å². The van der Waals surface area contributed by atoms with Crippen molar-refractivity contribution in [2.24, 2.45) is 0 Å². The van der Waals surface area contributed by atoms with Crippen LogP contribution in [0.5, 0.6) is 0 Å². The summed E-state index contributed by atoms with van der Waals surface area (Å²) in [6.45, 7) is 2.85. The Hall–Kier alpha value is -2.30. The monoisotopic (exact) mass is 487 g/mol. The van der Waals surface area contributed by atoms with Crippen LogP contribution in [-0.2, 0) is 24.9 Å². The molecule has 121 valence electrons. The maximum atomic E-state index is 10.0. The Balaban J connectivity index is 0.000000287. The molecular formula is C17H16IrN3O2-. The van der Waals surface area contributed by atoms with Crippen molar-refractivity contribution in [2.75, 3.05) is 0 Å². The van der Waals surface area contributed by atoms with Gasteiger partial charge in [0.1, 0.15) is 0 Å². The van der Waals surface area contributed by atoms with E-state index in [1.807, 2.05) is 42.5 Å². The molecule has 3 aromatic rings. The van der Waals surface area contributed by atoms with Gasteiger partial charge in [0.2, 0.25) is 0 Å². The summed E-state index contributed by atoms with van der Waals surface area (Å²) >= 11 is 0. The SMILES string of the molecule is CC(=O)/C=C(/C)O.[Ir].c1ccc(-c2nc3ccccc3[n-]2)nc1. The number of benzene rings is 1. The van der Waals surface area contributed by atoms with Crippen LogP contribution in [0, 0.1) is 0 Å². The zero-order valence-electron chi connectivity index (χ0n) is 12.7. The summed E-state index contributed by atoms with van der Waals surface area (Å²) in [6, 6.07) is 13.5. The average molecular weight is 487 g/mol. The van der Waals surface area contributed by atoms with Crippen LogP contribution in [0.3, 0.4) is 0 Å². The third kappa shape index (κ3) is 5.77. The van der Waals surface area contributed by atoms with E-state index < -0.39 is 0 Å². The van der Waals surface area contributed by atoms with Crippen LogP contribution in [0.15, 0.2) is 60.5 Å². The fraction of sp³-hybridized carbons (Fsp3) is 0.118. The number of para-hydroxylation sites is 2. The van der Waals surface area contributed by atoms with Crippen molar-refractivity contribution in [1.82, 2.24) is 15.0 Å². The van der Waals surface area contributed by atoms with Crippen LogP contribution >= 0.6 is 0 Å². The largest absolute Gasteiger partial charge is 0.512 e. The van der Waals surface area contributed by atoms with Gasteiger partial charge in [0, 0.05) is 32.4 Å². The number of allylic oxidation sites excluding steroid dienone is 2. The Kier molecular flexibility index (Phi) is 7.32. The topological polar surface area (TPSA) is 77.2 Å². The van der Waals surface area contributed by atoms with Crippen molar-refractivity contribution in [3.8, 4) is 11.5 Å². The molecule has 0 spiro atoms. The van der Waals surface area contributed by atoms with E-state index in [2.05, 4.69) is 15.0 Å². The van der Waals surface area contributed by atoms with Crippen LogP contribution in [0.1, 0.15) is 13.8 Å². The summed E-state index contributed by atoms with van der Waals surface area (Å²) in [5.74, 6) is 0.629. The maximum absolute atomic E-state index is 10.0. The summed E-state index contributed by atoms with van der Waals surface area (Å²) in [5, 5.41) is 8.36. The van der Waals surface area contributed by atoms with Gasteiger partial charge >= 0.3 is 0 Å². The van der Waals surface area contributed by atoms with E-state index in [1.54, 1.807) is 6.20 Å². The number of ketones is 1. The van der Waals surface area contributed by atoms with E-state index in [0.717, 1.165) is 16.7 Å². The van der Waals surface area contributed by atoms with E-state index in [-0.39, 0.29) is 31.6 Å². The molecule has 0 saturated heterocycles. The number of aliphatic hydroxyl groups excluding tert-OH is 1. The second-order valence-electron chi connectivity index (χ2n) is 4.65. The van der Waals surface area contributed by atoms with Crippen molar-refractivity contribution >= 4 is 16.8 Å². The number of imidazole rings is 1. The minimum atomic E-state index is -0.125. The maximum Gasteiger partial charge on any atom is 0.155 e. The number of nitrogens with zero attached hydrogens (tertiary/aromatic N) is 3. The van der Waals surface area contributed by atoms with Crippen molar-refractivity contribution in [1.29, 1.82) is 0 Å². The molecule has 23 heavy (non-hydrogen) atoms. The summed E-state index contributed by atoms with van der Waals surface area (Å²) in [5.41, 5.74) is 2.64.